The molecule has 0 aliphatic rings. The Balaban J connectivity index is 2.85. The van der Waals surface area contributed by atoms with Gasteiger partial charge in [-0.05, 0) is 38.1 Å². The highest BCUT2D eigenvalue weighted by Gasteiger charge is 2.13. The number of likely N-dealkylation sites (N-methyl/N-ethyl adjacent to an activating group) is 1. The number of rotatable bonds is 8. The Morgan fingerprint density at radius 2 is 2.11 bits per heavy atom. The lowest BCUT2D eigenvalue weighted by molar-refractivity contribution is 0.182. The van der Waals surface area contributed by atoms with Crippen LogP contribution in [0.2, 0.25) is 5.02 Å². The van der Waals surface area contributed by atoms with Gasteiger partial charge in [0.15, 0.2) is 0 Å². The number of nitrogens with zero attached hydrogens (tertiary/aromatic N) is 1. The van der Waals surface area contributed by atoms with Crippen LogP contribution >= 0.6 is 11.6 Å². The van der Waals surface area contributed by atoms with E-state index in [1.807, 2.05) is 6.07 Å². The number of halogens is 1. The van der Waals surface area contributed by atoms with E-state index in [9.17, 15) is 0 Å². The normalized spacial score (nSPS) is 12.5. The highest BCUT2D eigenvalue weighted by molar-refractivity contribution is 6.31. The maximum Gasteiger partial charge on any atom is 0.0663 e. The molecule has 1 unspecified atom stereocenters. The lowest BCUT2D eigenvalue weighted by atomic mass is 10.1. The smallest absolute Gasteiger partial charge is 0.0663 e. The Bertz CT molecular complexity index is 384. The third-order valence-corrected chi connectivity index (χ3v) is 3.57. The van der Waals surface area contributed by atoms with Crippen molar-refractivity contribution in [1.29, 1.82) is 0 Å². The average Bonchev–Trinajstić information content (AvgIpc) is 2.39. The molecule has 0 aromatic heterocycles. The van der Waals surface area contributed by atoms with Gasteiger partial charge in [-0.3, -0.25) is 0 Å². The van der Waals surface area contributed by atoms with Crippen LogP contribution in [0, 0.1) is 0 Å². The highest BCUT2D eigenvalue weighted by Crippen LogP contribution is 2.25. The summed E-state index contributed by atoms with van der Waals surface area (Å²) in [6.45, 7) is 9.81. The minimum Gasteiger partial charge on any atom is -0.383 e. The molecule has 0 radical (unpaired) electrons. The van der Waals surface area contributed by atoms with Crippen molar-refractivity contribution in [2.24, 2.45) is 0 Å². The van der Waals surface area contributed by atoms with Crippen LogP contribution < -0.4 is 10.2 Å². The molecule has 0 amide bonds. The Hall–Kier alpha value is -0.770. The van der Waals surface area contributed by atoms with Crippen molar-refractivity contribution in [2.75, 3.05) is 31.7 Å². The van der Waals surface area contributed by atoms with Crippen molar-refractivity contribution < 1.29 is 4.74 Å². The lowest BCUT2D eigenvalue weighted by Gasteiger charge is -2.30. The zero-order valence-corrected chi connectivity index (χ0v) is 13.1. The van der Waals surface area contributed by atoms with Gasteiger partial charge in [0, 0.05) is 37.0 Å². The van der Waals surface area contributed by atoms with Gasteiger partial charge in [0.1, 0.15) is 0 Å². The minimum atomic E-state index is 0.339. The first-order chi connectivity index (χ1) is 9.13. The van der Waals surface area contributed by atoms with Crippen LogP contribution in [0.5, 0.6) is 0 Å². The Morgan fingerprint density at radius 3 is 2.63 bits per heavy atom. The van der Waals surface area contributed by atoms with Crippen molar-refractivity contribution in [3.63, 3.8) is 0 Å². The van der Waals surface area contributed by atoms with Gasteiger partial charge >= 0.3 is 0 Å². The number of nitrogens with one attached hydrogen (secondary N) is 1. The van der Waals surface area contributed by atoms with E-state index in [2.05, 4.69) is 43.1 Å². The second-order valence-electron chi connectivity index (χ2n) is 4.65. The van der Waals surface area contributed by atoms with Crippen LogP contribution in [-0.4, -0.2) is 32.8 Å². The van der Waals surface area contributed by atoms with Gasteiger partial charge in [-0.2, -0.15) is 0 Å². The summed E-state index contributed by atoms with van der Waals surface area (Å²) in [4.78, 5) is 2.30. The zero-order chi connectivity index (χ0) is 14.3. The Labute approximate surface area is 121 Å². The van der Waals surface area contributed by atoms with E-state index >= 15 is 0 Å². The second-order valence-corrected chi connectivity index (χ2v) is 5.05. The molecule has 1 rings (SSSR count). The summed E-state index contributed by atoms with van der Waals surface area (Å²) in [5.74, 6) is 0. The molecule has 0 heterocycles. The summed E-state index contributed by atoms with van der Waals surface area (Å²) >= 11 is 6.35. The fourth-order valence-electron chi connectivity index (χ4n) is 2.20. The quantitative estimate of drug-likeness (QED) is 0.793. The van der Waals surface area contributed by atoms with E-state index < -0.39 is 0 Å². The van der Waals surface area contributed by atoms with Gasteiger partial charge in [0.05, 0.1) is 6.61 Å². The average molecular weight is 285 g/mol. The van der Waals surface area contributed by atoms with E-state index in [1.54, 1.807) is 7.11 Å². The fraction of sp³-hybridized carbons (Fsp3) is 0.600. The first kappa shape index (κ1) is 16.3. The van der Waals surface area contributed by atoms with E-state index in [-0.39, 0.29) is 0 Å². The summed E-state index contributed by atoms with van der Waals surface area (Å²) in [6, 6.07) is 6.62. The minimum absolute atomic E-state index is 0.339. The van der Waals surface area contributed by atoms with E-state index in [1.165, 1.54) is 0 Å². The van der Waals surface area contributed by atoms with Crippen molar-refractivity contribution in [1.82, 2.24) is 5.32 Å². The maximum absolute atomic E-state index is 6.35. The standard InChI is InChI=1S/C15H25ClN2O/c1-5-17-10-13-7-8-14(9-15(13)16)18(6-2)12(3)11-19-4/h7-9,12,17H,5-6,10-11H2,1-4H3. The molecule has 0 bridgehead atoms. The highest BCUT2D eigenvalue weighted by atomic mass is 35.5. The zero-order valence-electron chi connectivity index (χ0n) is 12.4. The van der Waals surface area contributed by atoms with Crippen LogP contribution in [0.4, 0.5) is 5.69 Å². The fourth-order valence-corrected chi connectivity index (χ4v) is 2.44. The molecular weight excluding hydrogens is 260 g/mol. The number of benzene rings is 1. The molecule has 1 aromatic rings. The van der Waals surface area contributed by atoms with Crippen molar-refractivity contribution in [3.8, 4) is 0 Å². The molecule has 0 aliphatic carbocycles. The van der Waals surface area contributed by atoms with Crippen LogP contribution in [-0.2, 0) is 11.3 Å². The van der Waals surface area contributed by atoms with Crippen LogP contribution in [0.3, 0.4) is 0 Å². The molecule has 3 nitrogen and oxygen atoms in total. The third kappa shape index (κ3) is 4.68. The number of hydrogen-bond donors (Lipinski definition) is 1. The molecule has 1 N–H and O–H groups in total. The largest absolute Gasteiger partial charge is 0.383 e. The van der Waals surface area contributed by atoms with Gasteiger partial charge in [-0.25, -0.2) is 0 Å². The molecule has 1 aromatic carbocycles. The Kier molecular flexibility index (Phi) is 7.21. The molecule has 108 valence electrons. The first-order valence-corrected chi connectivity index (χ1v) is 7.26. The summed E-state index contributed by atoms with van der Waals surface area (Å²) in [5, 5.41) is 4.11. The summed E-state index contributed by atoms with van der Waals surface area (Å²) < 4.78 is 5.23. The molecule has 19 heavy (non-hydrogen) atoms. The maximum atomic E-state index is 6.35. The predicted octanol–water partition coefficient (Wildman–Crippen LogP) is 3.31. The van der Waals surface area contributed by atoms with Gasteiger partial charge in [0.2, 0.25) is 0 Å². The second kappa shape index (κ2) is 8.41. The Morgan fingerprint density at radius 1 is 1.37 bits per heavy atom. The molecule has 1 atom stereocenters. The third-order valence-electron chi connectivity index (χ3n) is 3.21. The molecular formula is C15H25ClN2O. The summed E-state index contributed by atoms with van der Waals surface area (Å²) in [6.07, 6.45) is 0. The molecule has 0 aliphatic heterocycles. The van der Waals surface area contributed by atoms with Gasteiger partial charge in [0.25, 0.3) is 0 Å². The van der Waals surface area contributed by atoms with Crippen molar-refractivity contribution >= 4 is 17.3 Å². The van der Waals surface area contributed by atoms with E-state index in [0.717, 1.165) is 35.9 Å². The van der Waals surface area contributed by atoms with Crippen LogP contribution in [0.25, 0.3) is 0 Å². The topological polar surface area (TPSA) is 24.5 Å². The number of methoxy groups -OCH3 is 1. The lowest BCUT2D eigenvalue weighted by Crippen LogP contribution is -2.36. The molecule has 0 saturated heterocycles. The first-order valence-electron chi connectivity index (χ1n) is 6.88. The molecule has 4 heteroatoms. The van der Waals surface area contributed by atoms with Gasteiger partial charge in [-0.15, -0.1) is 0 Å². The molecule has 0 saturated carbocycles. The van der Waals surface area contributed by atoms with Crippen molar-refractivity contribution in [3.05, 3.63) is 28.8 Å². The molecule has 0 spiro atoms. The summed E-state index contributed by atoms with van der Waals surface area (Å²) in [5.41, 5.74) is 2.29. The van der Waals surface area contributed by atoms with Crippen molar-refractivity contribution in [2.45, 2.75) is 33.4 Å². The van der Waals surface area contributed by atoms with Gasteiger partial charge in [-0.1, -0.05) is 24.6 Å². The number of anilines is 1. The monoisotopic (exact) mass is 284 g/mol. The van der Waals surface area contributed by atoms with Gasteiger partial charge < -0.3 is 15.0 Å². The molecule has 0 fully saturated rings. The van der Waals surface area contributed by atoms with Crippen LogP contribution in [0.1, 0.15) is 26.3 Å². The van der Waals surface area contributed by atoms with Crippen LogP contribution in [0.15, 0.2) is 18.2 Å². The van der Waals surface area contributed by atoms with E-state index in [4.69, 9.17) is 16.3 Å². The number of ether oxygens (including phenoxy) is 1. The van der Waals surface area contributed by atoms with E-state index in [0.29, 0.717) is 12.6 Å². The SMILES string of the molecule is CCNCc1ccc(N(CC)C(C)COC)cc1Cl. The number of hydrogen-bond acceptors (Lipinski definition) is 3. The summed E-state index contributed by atoms with van der Waals surface area (Å²) in [7, 11) is 1.73. The predicted molar refractivity (Wildman–Crippen MR) is 83.2 cm³/mol.